The maximum Gasteiger partial charge on any atom is 0.222 e. The van der Waals surface area contributed by atoms with Gasteiger partial charge in [0.25, 0.3) is 0 Å². The molecule has 0 bridgehead atoms. The van der Waals surface area contributed by atoms with E-state index in [0.29, 0.717) is 12.5 Å². The first-order valence-corrected chi connectivity index (χ1v) is 9.21. The van der Waals surface area contributed by atoms with Gasteiger partial charge in [0.15, 0.2) is 0 Å². The lowest BCUT2D eigenvalue weighted by Crippen LogP contribution is -2.21. The molecule has 25 heavy (non-hydrogen) atoms. The summed E-state index contributed by atoms with van der Waals surface area (Å²) in [6.07, 6.45) is 8.16. The predicted octanol–water partition coefficient (Wildman–Crippen LogP) is 3.63. The highest BCUT2D eigenvalue weighted by Gasteiger charge is 2.18. The van der Waals surface area contributed by atoms with Crippen LogP contribution in [0, 0.1) is 0 Å². The Hall–Kier alpha value is -2.30. The van der Waals surface area contributed by atoms with Crippen LogP contribution in [0.2, 0.25) is 0 Å². The van der Waals surface area contributed by atoms with Gasteiger partial charge in [-0.1, -0.05) is 30.7 Å². The van der Waals surface area contributed by atoms with E-state index in [1.807, 2.05) is 16.9 Å². The molecule has 5 heteroatoms. The van der Waals surface area contributed by atoms with Crippen LogP contribution in [0.4, 0.5) is 5.82 Å². The van der Waals surface area contributed by atoms with Crippen molar-refractivity contribution in [1.29, 1.82) is 0 Å². The van der Waals surface area contributed by atoms with Crippen molar-refractivity contribution in [2.45, 2.75) is 51.1 Å². The van der Waals surface area contributed by atoms with E-state index >= 15 is 0 Å². The number of carbonyl (C=O) groups is 1. The summed E-state index contributed by atoms with van der Waals surface area (Å²) in [4.78, 5) is 13.3. The Morgan fingerprint density at radius 1 is 1.28 bits per heavy atom. The highest BCUT2D eigenvalue weighted by atomic mass is 16.2. The third-order valence-electron chi connectivity index (χ3n) is 4.86. The van der Waals surface area contributed by atoms with Crippen LogP contribution in [-0.4, -0.2) is 34.7 Å². The van der Waals surface area contributed by atoms with Crippen molar-refractivity contribution in [3.63, 3.8) is 0 Å². The van der Waals surface area contributed by atoms with Gasteiger partial charge in [0.1, 0.15) is 5.82 Å². The number of rotatable bonds is 6. The van der Waals surface area contributed by atoms with E-state index in [9.17, 15) is 4.79 Å². The zero-order chi connectivity index (χ0) is 17.6. The fourth-order valence-electron chi connectivity index (χ4n) is 3.43. The number of hydrogen-bond donors (Lipinski definition) is 1. The normalized spacial score (nSPS) is 16.8. The lowest BCUT2D eigenvalue weighted by atomic mass is 9.99. The molecule has 0 saturated heterocycles. The van der Waals surface area contributed by atoms with Crippen molar-refractivity contribution in [3.05, 3.63) is 47.7 Å². The molecular weight excluding hydrogens is 312 g/mol. The molecule has 1 aromatic carbocycles. The molecule has 1 N–H and O–H groups in total. The summed E-state index contributed by atoms with van der Waals surface area (Å²) in [5, 5.41) is 8.24. The van der Waals surface area contributed by atoms with Crippen LogP contribution in [0.1, 0.15) is 49.3 Å². The van der Waals surface area contributed by atoms with Gasteiger partial charge in [0.2, 0.25) is 5.91 Å². The van der Waals surface area contributed by atoms with Crippen LogP contribution >= 0.6 is 0 Å². The molecule has 1 atom stereocenters. The molecule has 0 radical (unpaired) electrons. The van der Waals surface area contributed by atoms with Crippen LogP contribution in [0.5, 0.6) is 0 Å². The van der Waals surface area contributed by atoms with Gasteiger partial charge in [-0.3, -0.25) is 9.48 Å². The molecule has 134 valence electrons. The molecule has 0 spiro atoms. The van der Waals surface area contributed by atoms with E-state index in [0.717, 1.165) is 25.2 Å². The summed E-state index contributed by atoms with van der Waals surface area (Å²) >= 11 is 0. The fourth-order valence-corrected chi connectivity index (χ4v) is 3.43. The largest absolute Gasteiger partial charge is 0.362 e. The summed E-state index contributed by atoms with van der Waals surface area (Å²) in [7, 11) is 3.59. The summed E-state index contributed by atoms with van der Waals surface area (Å²) in [6, 6.07) is 11.1. The third-order valence-corrected chi connectivity index (χ3v) is 4.86. The van der Waals surface area contributed by atoms with E-state index in [4.69, 9.17) is 0 Å². The van der Waals surface area contributed by atoms with Gasteiger partial charge in [-0.15, -0.1) is 0 Å². The highest BCUT2D eigenvalue weighted by Crippen LogP contribution is 2.30. The third kappa shape index (κ3) is 4.62. The van der Waals surface area contributed by atoms with E-state index in [-0.39, 0.29) is 5.91 Å². The van der Waals surface area contributed by atoms with Crippen LogP contribution in [-0.2, 0) is 17.8 Å². The number of benzene rings is 1. The molecule has 0 unspecified atom stereocenters. The molecule has 1 aliphatic carbocycles. The zero-order valence-electron chi connectivity index (χ0n) is 15.2. The monoisotopic (exact) mass is 340 g/mol. The summed E-state index contributed by atoms with van der Waals surface area (Å²) < 4.78 is 1.92. The lowest BCUT2D eigenvalue weighted by molar-refractivity contribution is -0.128. The number of nitrogens with one attached hydrogen (secondary N) is 1. The van der Waals surface area contributed by atoms with Gasteiger partial charge < -0.3 is 10.2 Å². The van der Waals surface area contributed by atoms with Gasteiger partial charge in [-0.2, -0.15) is 5.10 Å². The Bertz CT molecular complexity index is 707. The highest BCUT2D eigenvalue weighted by molar-refractivity contribution is 5.75. The van der Waals surface area contributed by atoms with Crippen LogP contribution in [0.3, 0.4) is 0 Å². The van der Waals surface area contributed by atoms with E-state index < -0.39 is 0 Å². The summed E-state index contributed by atoms with van der Waals surface area (Å²) in [5.41, 5.74) is 2.87. The molecule has 5 nitrogen and oxygen atoms in total. The summed E-state index contributed by atoms with van der Waals surface area (Å²) in [6.45, 7) is 0.766. The van der Waals surface area contributed by atoms with Gasteiger partial charge >= 0.3 is 0 Å². The maximum atomic E-state index is 11.6. The number of anilines is 1. The van der Waals surface area contributed by atoms with Crippen LogP contribution in [0.15, 0.2) is 36.5 Å². The molecule has 1 heterocycles. The average molecular weight is 340 g/mol. The maximum absolute atomic E-state index is 11.6. The van der Waals surface area contributed by atoms with Gasteiger partial charge in [0.05, 0.1) is 6.04 Å². The van der Waals surface area contributed by atoms with Gasteiger partial charge in [-0.25, -0.2) is 0 Å². The van der Waals surface area contributed by atoms with Crippen molar-refractivity contribution < 1.29 is 4.79 Å². The molecule has 0 aliphatic heterocycles. The number of aromatic nitrogens is 2. The summed E-state index contributed by atoms with van der Waals surface area (Å²) in [5.74, 6) is 1.08. The first-order valence-electron chi connectivity index (χ1n) is 9.21. The van der Waals surface area contributed by atoms with Crippen LogP contribution in [0.25, 0.3) is 0 Å². The molecule has 1 amide bonds. The Morgan fingerprint density at radius 2 is 2.12 bits per heavy atom. The van der Waals surface area contributed by atoms with Gasteiger partial charge in [0, 0.05) is 39.3 Å². The van der Waals surface area contributed by atoms with E-state index in [2.05, 4.69) is 34.7 Å². The number of amides is 1. The van der Waals surface area contributed by atoms with Crippen molar-refractivity contribution >= 4 is 11.7 Å². The van der Waals surface area contributed by atoms with Crippen LogP contribution < -0.4 is 5.32 Å². The predicted molar refractivity (Wildman–Crippen MR) is 101 cm³/mol. The van der Waals surface area contributed by atoms with E-state index in [1.54, 1.807) is 19.0 Å². The molecule has 0 fully saturated rings. The number of nitrogens with zero attached hydrogens (tertiary/aromatic N) is 3. The second-order valence-electron chi connectivity index (χ2n) is 7.00. The average Bonchev–Trinajstić information content (AvgIpc) is 2.95. The molecule has 0 saturated carbocycles. The molecule has 3 rings (SSSR count). The Kier molecular flexibility index (Phi) is 5.74. The quantitative estimate of drug-likeness (QED) is 0.817. The van der Waals surface area contributed by atoms with Crippen molar-refractivity contribution in [2.24, 2.45) is 0 Å². The minimum Gasteiger partial charge on any atom is -0.362 e. The van der Waals surface area contributed by atoms with Crippen molar-refractivity contribution in [2.75, 3.05) is 19.4 Å². The minimum absolute atomic E-state index is 0.167. The number of fused-ring (bicyclic) bond motifs is 1. The second kappa shape index (κ2) is 8.19. The standard InChI is InChI=1S/C20H28N4O/c1-23(2)20(25)12-7-14-24-15-13-19(22-24)21-18-11-6-4-9-16-8-3-5-10-17(16)18/h3,5,8,10,13,15,18H,4,6-7,9,11-12,14H2,1-2H3,(H,21,22)/t18-/m0/s1. The lowest BCUT2D eigenvalue weighted by Gasteiger charge is -2.19. The first kappa shape index (κ1) is 17.5. The number of hydrogen-bond acceptors (Lipinski definition) is 3. The molecular formula is C20H28N4O. The van der Waals surface area contributed by atoms with E-state index in [1.165, 1.54) is 30.4 Å². The molecule has 2 aromatic rings. The van der Waals surface area contributed by atoms with Crippen molar-refractivity contribution in [1.82, 2.24) is 14.7 Å². The first-order chi connectivity index (χ1) is 12.1. The smallest absolute Gasteiger partial charge is 0.222 e. The Morgan fingerprint density at radius 3 is 2.96 bits per heavy atom. The fraction of sp³-hybridized carbons (Fsp3) is 0.500. The molecule has 1 aliphatic rings. The number of aryl methyl sites for hydroxylation is 2. The Labute approximate surface area is 150 Å². The topological polar surface area (TPSA) is 50.2 Å². The van der Waals surface area contributed by atoms with Gasteiger partial charge in [-0.05, 0) is 36.8 Å². The molecule has 1 aromatic heterocycles. The number of carbonyl (C=O) groups excluding carboxylic acids is 1. The zero-order valence-corrected chi connectivity index (χ0v) is 15.2. The Balaban J connectivity index is 1.59. The second-order valence-corrected chi connectivity index (χ2v) is 7.00. The SMILES string of the molecule is CN(C)C(=O)CCCn1ccc(N[C@H]2CCCCc3ccccc32)n1. The van der Waals surface area contributed by atoms with Crippen molar-refractivity contribution in [3.8, 4) is 0 Å². The minimum atomic E-state index is 0.167.